The first-order valence-corrected chi connectivity index (χ1v) is 7.06. The van der Waals surface area contributed by atoms with E-state index >= 15 is 0 Å². The fraction of sp³-hybridized carbons (Fsp3) is 0.294. The van der Waals surface area contributed by atoms with Crippen molar-refractivity contribution in [1.82, 2.24) is 4.98 Å². The maximum atomic E-state index is 9.00. The molecule has 2 aromatic rings. The largest absolute Gasteiger partial charge is 0.411 e. The Kier molecular flexibility index (Phi) is 10.6. The topological polar surface area (TPSA) is 45.5 Å². The van der Waals surface area contributed by atoms with Gasteiger partial charge in [0.1, 0.15) is 0 Å². The van der Waals surface area contributed by atoms with Crippen LogP contribution in [0.25, 0.3) is 0 Å². The monoisotopic (exact) mass is 272 g/mol. The molecule has 1 N–H and O–H groups in total. The first-order chi connectivity index (χ1) is 9.90. The van der Waals surface area contributed by atoms with Gasteiger partial charge in [-0.05, 0) is 17.7 Å². The van der Waals surface area contributed by atoms with Gasteiger partial charge in [0, 0.05) is 18.3 Å². The number of benzene rings is 1. The van der Waals surface area contributed by atoms with Crippen LogP contribution in [0, 0.1) is 0 Å². The number of aromatic nitrogens is 1. The summed E-state index contributed by atoms with van der Waals surface area (Å²) >= 11 is 0. The lowest BCUT2D eigenvalue weighted by Crippen LogP contribution is -2.06. The Hall–Kier alpha value is -2.16. The molecule has 0 spiro atoms. The van der Waals surface area contributed by atoms with E-state index in [1.165, 1.54) is 0 Å². The molecule has 0 fully saturated rings. The van der Waals surface area contributed by atoms with Gasteiger partial charge >= 0.3 is 0 Å². The van der Waals surface area contributed by atoms with Crippen molar-refractivity contribution in [2.45, 2.75) is 34.1 Å². The van der Waals surface area contributed by atoms with Crippen LogP contribution in [-0.4, -0.2) is 15.9 Å². The molecule has 1 aromatic heterocycles. The molecule has 0 unspecified atom stereocenters. The Balaban J connectivity index is 0.000000829. The second-order valence-corrected chi connectivity index (χ2v) is 3.41. The predicted molar refractivity (Wildman–Crippen MR) is 85.4 cm³/mol. The average Bonchev–Trinajstić information content (AvgIpc) is 2.58. The van der Waals surface area contributed by atoms with Crippen molar-refractivity contribution in [1.29, 1.82) is 0 Å². The first-order valence-electron chi connectivity index (χ1n) is 7.06. The SMILES string of the molecule is CC.CC.ON=C(Cc1ccccn1)c1ccccc1. The zero-order valence-corrected chi connectivity index (χ0v) is 12.7. The molecule has 0 saturated heterocycles. The van der Waals surface area contributed by atoms with Crippen LogP contribution in [0.2, 0.25) is 0 Å². The second kappa shape index (κ2) is 11.9. The lowest BCUT2D eigenvalue weighted by Gasteiger charge is -2.03. The highest BCUT2D eigenvalue weighted by molar-refractivity contribution is 6.01. The summed E-state index contributed by atoms with van der Waals surface area (Å²) in [4.78, 5) is 4.20. The van der Waals surface area contributed by atoms with Gasteiger partial charge in [0.15, 0.2) is 0 Å². The van der Waals surface area contributed by atoms with Crippen LogP contribution >= 0.6 is 0 Å². The van der Waals surface area contributed by atoms with Gasteiger partial charge < -0.3 is 5.21 Å². The first kappa shape index (κ1) is 17.8. The molecule has 108 valence electrons. The van der Waals surface area contributed by atoms with Crippen molar-refractivity contribution in [3.05, 3.63) is 66.0 Å². The van der Waals surface area contributed by atoms with Gasteiger partial charge in [-0.3, -0.25) is 4.98 Å². The van der Waals surface area contributed by atoms with Crippen LogP contribution in [0.1, 0.15) is 39.0 Å². The molecule has 0 bridgehead atoms. The minimum Gasteiger partial charge on any atom is -0.411 e. The summed E-state index contributed by atoms with van der Waals surface area (Å²) in [6.07, 6.45) is 2.26. The molecule has 0 radical (unpaired) electrons. The maximum absolute atomic E-state index is 9.00. The lowest BCUT2D eigenvalue weighted by atomic mass is 10.1. The van der Waals surface area contributed by atoms with Crippen LogP contribution in [0.3, 0.4) is 0 Å². The summed E-state index contributed by atoms with van der Waals surface area (Å²) in [5, 5.41) is 12.3. The third-order valence-electron chi connectivity index (χ3n) is 2.30. The highest BCUT2D eigenvalue weighted by Crippen LogP contribution is 2.06. The third kappa shape index (κ3) is 6.14. The Morgan fingerprint density at radius 1 is 0.950 bits per heavy atom. The minimum absolute atomic E-state index is 0.529. The molecule has 0 saturated carbocycles. The Labute approximate surface area is 122 Å². The van der Waals surface area contributed by atoms with E-state index in [0.29, 0.717) is 12.1 Å². The highest BCUT2D eigenvalue weighted by Gasteiger charge is 2.05. The van der Waals surface area contributed by atoms with Crippen molar-refractivity contribution < 1.29 is 5.21 Å². The van der Waals surface area contributed by atoms with E-state index < -0.39 is 0 Å². The molecular formula is C17H24N2O. The van der Waals surface area contributed by atoms with Crippen molar-refractivity contribution in [2.75, 3.05) is 0 Å². The van der Waals surface area contributed by atoms with Crippen LogP contribution < -0.4 is 0 Å². The van der Waals surface area contributed by atoms with Crippen LogP contribution in [0.15, 0.2) is 59.9 Å². The molecule has 1 aromatic carbocycles. The number of pyridine rings is 1. The summed E-state index contributed by atoms with van der Waals surface area (Å²) in [5.41, 5.74) is 2.43. The van der Waals surface area contributed by atoms with Crippen LogP contribution in [-0.2, 0) is 6.42 Å². The normalized spacial score (nSPS) is 9.70. The molecule has 0 aliphatic heterocycles. The quantitative estimate of drug-likeness (QED) is 0.506. The zero-order chi connectivity index (χ0) is 15.2. The van der Waals surface area contributed by atoms with E-state index in [0.717, 1.165) is 11.3 Å². The number of rotatable bonds is 3. The summed E-state index contributed by atoms with van der Waals surface area (Å²) in [7, 11) is 0. The number of nitrogens with zero attached hydrogens (tertiary/aromatic N) is 2. The number of oxime groups is 1. The maximum Gasteiger partial charge on any atom is 0.0927 e. The Bertz CT molecular complexity index is 467. The summed E-state index contributed by atoms with van der Waals surface area (Å²) in [5.74, 6) is 0. The molecule has 0 amide bonds. The Morgan fingerprint density at radius 3 is 2.05 bits per heavy atom. The molecule has 3 nitrogen and oxygen atoms in total. The second-order valence-electron chi connectivity index (χ2n) is 3.41. The van der Waals surface area contributed by atoms with Crippen molar-refractivity contribution >= 4 is 5.71 Å². The molecule has 20 heavy (non-hydrogen) atoms. The number of hydrogen-bond acceptors (Lipinski definition) is 3. The van der Waals surface area contributed by atoms with Crippen molar-refractivity contribution in [2.24, 2.45) is 5.16 Å². The summed E-state index contributed by atoms with van der Waals surface area (Å²) in [6, 6.07) is 15.3. The van der Waals surface area contributed by atoms with E-state index in [4.69, 9.17) is 5.21 Å². The van der Waals surface area contributed by atoms with E-state index in [1.807, 2.05) is 76.2 Å². The number of hydrogen-bond donors (Lipinski definition) is 1. The molecule has 0 aliphatic rings. The van der Waals surface area contributed by atoms with Gasteiger partial charge in [0.2, 0.25) is 0 Å². The van der Waals surface area contributed by atoms with Gasteiger partial charge in [-0.2, -0.15) is 0 Å². The fourth-order valence-corrected chi connectivity index (χ4v) is 1.50. The third-order valence-corrected chi connectivity index (χ3v) is 2.30. The Morgan fingerprint density at radius 2 is 1.55 bits per heavy atom. The highest BCUT2D eigenvalue weighted by atomic mass is 16.4. The van der Waals surface area contributed by atoms with Gasteiger partial charge in [-0.15, -0.1) is 0 Å². The fourth-order valence-electron chi connectivity index (χ4n) is 1.50. The standard InChI is InChI=1S/C13H12N2O.2C2H6/c16-15-13(11-6-2-1-3-7-11)10-12-8-4-5-9-14-12;2*1-2/h1-9,16H,10H2;2*1-2H3. The average molecular weight is 272 g/mol. The van der Waals surface area contributed by atoms with Gasteiger partial charge in [0.25, 0.3) is 0 Å². The molecular weight excluding hydrogens is 248 g/mol. The molecule has 0 atom stereocenters. The minimum atomic E-state index is 0.529. The summed E-state index contributed by atoms with van der Waals surface area (Å²) < 4.78 is 0. The van der Waals surface area contributed by atoms with Gasteiger partial charge in [0.05, 0.1) is 5.71 Å². The molecule has 3 heteroatoms. The molecule has 1 heterocycles. The van der Waals surface area contributed by atoms with E-state index in [1.54, 1.807) is 6.20 Å². The van der Waals surface area contributed by atoms with Gasteiger partial charge in [-0.1, -0.05) is 69.2 Å². The molecule has 0 aliphatic carbocycles. The zero-order valence-electron chi connectivity index (χ0n) is 12.7. The smallest absolute Gasteiger partial charge is 0.0927 e. The van der Waals surface area contributed by atoms with Crippen molar-refractivity contribution in [3.8, 4) is 0 Å². The summed E-state index contributed by atoms with van der Waals surface area (Å²) in [6.45, 7) is 8.00. The van der Waals surface area contributed by atoms with Crippen LogP contribution in [0.5, 0.6) is 0 Å². The van der Waals surface area contributed by atoms with E-state index in [2.05, 4.69) is 10.1 Å². The van der Waals surface area contributed by atoms with E-state index in [-0.39, 0.29) is 0 Å². The van der Waals surface area contributed by atoms with Crippen molar-refractivity contribution in [3.63, 3.8) is 0 Å². The van der Waals surface area contributed by atoms with Crippen LogP contribution in [0.4, 0.5) is 0 Å². The molecule has 2 rings (SSSR count). The lowest BCUT2D eigenvalue weighted by molar-refractivity contribution is 0.318. The van der Waals surface area contributed by atoms with Gasteiger partial charge in [-0.25, -0.2) is 0 Å². The van der Waals surface area contributed by atoms with E-state index in [9.17, 15) is 0 Å². The predicted octanol–water partition coefficient (Wildman–Crippen LogP) is 4.56.